The van der Waals surface area contributed by atoms with Crippen molar-refractivity contribution >= 4 is 17.6 Å². The maximum atomic E-state index is 11.7. The zero-order valence-corrected chi connectivity index (χ0v) is 10.3. The van der Waals surface area contributed by atoms with Gasteiger partial charge in [0.15, 0.2) is 5.56 Å². The standard InChI is InChI=1S/C13H16ClNO2/c14-12(8-10-4-2-1-3-5-10)17-13(16)11-6-7-15-9-11/h1-5,11-12,15H,6-9H2. The summed E-state index contributed by atoms with van der Waals surface area (Å²) in [7, 11) is 0. The Kier molecular flexibility index (Phi) is 4.40. The number of halogens is 1. The molecule has 1 saturated heterocycles. The number of hydrogen-bond acceptors (Lipinski definition) is 3. The van der Waals surface area contributed by atoms with Crippen LogP contribution in [-0.4, -0.2) is 24.6 Å². The molecule has 17 heavy (non-hydrogen) atoms. The van der Waals surface area contributed by atoms with Crippen LogP contribution in [0.4, 0.5) is 0 Å². The molecule has 2 unspecified atom stereocenters. The van der Waals surface area contributed by atoms with Gasteiger partial charge in [0.05, 0.1) is 5.92 Å². The molecule has 0 amide bonds. The summed E-state index contributed by atoms with van der Waals surface area (Å²) in [6.07, 6.45) is 1.39. The quantitative estimate of drug-likeness (QED) is 0.658. The van der Waals surface area contributed by atoms with Crippen LogP contribution in [0.15, 0.2) is 30.3 Å². The van der Waals surface area contributed by atoms with Crippen molar-refractivity contribution in [1.82, 2.24) is 5.32 Å². The van der Waals surface area contributed by atoms with Crippen molar-refractivity contribution in [2.75, 3.05) is 13.1 Å². The summed E-state index contributed by atoms with van der Waals surface area (Å²) in [4.78, 5) is 11.7. The molecule has 3 nitrogen and oxygen atoms in total. The fourth-order valence-electron chi connectivity index (χ4n) is 1.92. The highest BCUT2D eigenvalue weighted by atomic mass is 35.5. The Labute approximate surface area is 106 Å². The number of rotatable bonds is 4. The molecule has 0 bridgehead atoms. The lowest BCUT2D eigenvalue weighted by Crippen LogP contribution is -2.24. The summed E-state index contributed by atoms with van der Waals surface area (Å²) >= 11 is 6.03. The number of nitrogens with one attached hydrogen (secondary N) is 1. The average molecular weight is 254 g/mol. The number of hydrogen-bond donors (Lipinski definition) is 1. The first-order valence-corrected chi connectivity index (χ1v) is 6.28. The minimum atomic E-state index is -0.578. The van der Waals surface area contributed by atoms with E-state index in [0.29, 0.717) is 13.0 Å². The molecule has 1 aromatic rings. The molecule has 2 atom stereocenters. The van der Waals surface area contributed by atoms with E-state index in [4.69, 9.17) is 16.3 Å². The molecule has 1 fully saturated rings. The first-order chi connectivity index (χ1) is 8.25. The smallest absolute Gasteiger partial charge is 0.311 e. The normalized spacial score (nSPS) is 21.1. The monoisotopic (exact) mass is 253 g/mol. The zero-order valence-electron chi connectivity index (χ0n) is 9.56. The third-order valence-electron chi connectivity index (χ3n) is 2.88. The van der Waals surface area contributed by atoms with Gasteiger partial charge >= 0.3 is 5.97 Å². The van der Waals surface area contributed by atoms with E-state index in [2.05, 4.69) is 5.32 Å². The zero-order chi connectivity index (χ0) is 12.1. The highest BCUT2D eigenvalue weighted by Gasteiger charge is 2.25. The van der Waals surface area contributed by atoms with Crippen molar-refractivity contribution in [1.29, 1.82) is 0 Å². The SMILES string of the molecule is O=C(OC(Cl)Cc1ccccc1)C1CCNC1. The van der Waals surface area contributed by atoms with Crippen molar-refractivity contribution in [2.45, 2.75) is 18.4 Å². The first-order valence-electron chi connectivity index (χ1n) is 5.85. The van der Waals surface area contributed by atoms with Gasteiger partial charge in [-0.3, -0.25) is 4.79 Å². The van der Waals surface area contributed by atoms with Crippen LogP contribution in [0.5, 0.6) is 0 Å². The molecule has 0 aromatic heterocycles. The molecular formula is C13H16ClNO2. The van der Waals surface area contributed by atoms with Crippen molar-refractivity contribution < 1.29 is 9.53 Å². The van der Waals surface area contributed by atoms with Crippen LogP contribution in [0, 0.1) is 5.92 Å². The molecule has 2 rings (SSSR count). The van der Waals surface area contributed by atoms with Crippen LogP contribution >= 0.6 is 11.6 Å². The van der Waals surface area contributed by atoms with Gasteiger partial charge in [-0.1, -0.05) is 41.9 Å². The topological polar surface area (TPSA) is 38.3 Å². The summed E-state index contributed by atoms with van der Waals surface area (Å²) < 4.78 is 5.22. The van der Waals surface area contributed by atoms with E-state index >= 15 is 0 Å². The Morgan fingerprint density at radius 1 is 1.47 bits per heavy atom. The van der Waals surface area contributed by atoms with E-state index in [1.165, 1.54) is 0 Å². The van der Waals surface area contributed by atoms with Gasteiger partial charge in [-0.15, -0.1) is 0 Å². The van der Waals surface area contributed by atoms with Gasteiger partial charge in [0, 0.05) is 13.0 Å². The molecular weight excluding hydrogens is 238 g/mol. The number of ether oxygens (including phenoxy) is 1. The van der Waals surface area contributed by atoms with E-state index in [0.717, 1.165) is 18.5 Å². The highest BCUT2D eigenvalue weighted by molar-refractivity contribution is 6.20. The van der Waals surface area contributed by atoms with Crippen LogP contribution in [0.25, 0.3) is 0 Å². The molecule has 0 spiro atoms. The van der Waals surface area contributed by atoms with E-state index in [-0.39, 0.29) is 11.9 Å². The van der Waals surface area contributed by atoms with Crippen LogP contribution < -0.4 is 5.32 Å². The van der Waals surface area contributed by atoms with Gasteiger partial charge in [0.2, 0.25) is 0 Å². The molecule has 1 aromatic carbocycles. The Bertz CT molecular complexity index is 363. The second kappa shape index (κ2) is 6.03. The Balaban J connectivity index is 1.80. The fraction of sp³-hybridized carbons (Fsp3) is 0.462. The van der Waals surface area contributed by atoms with Gasteiger partial charge in [0.25, 0.3) is 0 Å². The van der Waals surface area contributed by atoms with Gasteiger partial charge in [-0.05, 0) is 18.5 Å². The molecule has 0 radical (unpaired) electrons. The lowest BCUT2D eigenvalue weighted by Gasteiger charge is -2.14. The third kappa shape index (κ3) is 3.72. The molecule has 1 heterocycles. The molecule has 92 valence electrons. The van der Waals surface area contributed by atoms with Crippen molar-refractivity contribution in [3.8, 4) is 0 Å². The lowest BCUT2D eigenvalue weighted by molar-refractivity contribution is -0.149. The summed E-state index contributed by atoms with van der Waals surface area (Å²) in [5.41, 5.74) is 0.496. The fourth-order valence-corrected chi connectivity index (χ4v) is 2.19. The number of benzene rings is 1. The summed E-state index contributed by atoms with van der Waals surface area (Å²) in [6.45, 7) is 1.58. The van der Waals surface area contributed by atoms with E-state index in [1.54, 1.807) is 0 Å². The van der Waals surface area contributed by atoms with Gasteiger partial charge in [-0.25, -0.2) is 0 Å². The Hall–Kier alpha value is -1.06. The van der Waals surface area contributed by atoms with Gasteiger partial charge in [-0.2, -0.15) is 0 Å². The molecule has 1 aliphatic heterocycles. The maximum absolute atomic E-state index is 11.7. The second-order valence-corrected chi connectivity index (χ2v) is 4.71. The third-order valence-corrected chi connectivity index (χ3v) is 3.12. The molecule has 0 aliphatic carbocycles. The Morgan fingerprint density at radius 3 is 2.88 bits per heavy atom. The molecule has 4 heteroatoms. The number of carbonyl (C=O) groups is 1. The molecule has 1 aliphatic rings. The average Bonchev–Trinajstić information content (AvgIpc) is 2.83. The largest absolute Gasteiger partial charge is 0.445 e. The first kappa shape index (κ1) is 12.4. The van der Waals surface area contributed by atoms with E-state index < -0.39 is 5.56 Å². The van der Waals surface area contributed by atoms with Crippen LogP contribution in [-0.2, 0) is 16.0 Å². The highest BCUT2D eigenvalue weighted by Crippen LogP contribution is 2.15. The minimum absolute atomic E-state index is 0.0352. The van der Waals surface area contributed by atoms with Crippen molar-refractivity contribution in [2.24, 2.45) is 5.92 Å². The molecule has 1 N–H and O–H groups in total. The Morgan fingerprint density at radius 2 is 2.24 bits per heavy atom. The predicted molar refractivity (Wildman–Crippen MR) is 66.9 cm³/mol. The van der Waals surface area contributed by atoms with Crippen LogP contribution in [0.1, 0.15) is 12.0 Å². The predicted octanol–water partition coefficient (Wildman–Crippen LogP) is 1.95. The summed E-state index contributed by atoms with van der Waals surface area (Å²) in [5, 5.41) is 3.13. The molecule has 0 saturated carbocycles. The van der Waals surface area contributed by atoms with Crippen LogP contribution in [0.3, 0.4) is 0 Å². The van der Waals surface area contributed by atoms with Gasteiger partial charge in [0.1, 0.15) is 0 Å². The second-order valence-electron chi connectivity index (χ2n) is 4.23. The summed E-state index contributed by atoms with van der Waals surface area (Å²) in [5.74, 6) is -0.224. The number of alkyl halides is 1. The number of esters is 1. The lowest BCUT2D eigenvalue weighted by atomic mass is 10.1. The maximum Gasteiger partial charge on any atom is 0.311 e. The van der Waals surface area contributed by atoms with Crippen LogP contribution in [0.2, 0.25) is 0 Å². The summed E-state index contributed by atoms with van der Waals surface area (Å²) in [6, 6.07) is 9.78. The van der Waals surface area contributed by atoms with Gasteiger partial charge < -0.3 is 10.1 Å². The number of carbonyl (C=O) groups excluding carboxylic acids is 1. The van der Waals surface area contributed by atoms with E-state index in [1.807, 2.05) is 30.3 Å². The van der Waals surface area contributed by atoms with Crippen molar-refractivity contribution in [3.63, 3.8) is 0 Å². The van der Waals surface area contributed by atoms with E-state index in [9.17, 15) is 4.79 Å². The van der Waals surface area contributed by atoms with Crippen molar-refractivity contribution in [3.05, 3.63) is 35.9 Å². The minimum Gasteiger partial charge on any atom is -0.445 e.